The first kappa shape index (κ1) is 19.9. The van der Waals surface area contributed by atoms with Gasteiger partial charge in [0.2, 0.25) is 6.10 Å². The van der Waals surface area contributed by atoms with Crippen molar-refractivity contribution < 1.29 is 32.2 Å². The molecule has 1 amide bonds. The molecule has 28 heavy (non-hydrogen) atoms. The molecule has 0 N–H and O–H groups in total. The topological polar surface area (TPSA) is 55.8 Å². The van der Waals surface area contributed by atoms with Crippen molar-refractivity contribution in [2.75, 3.05) is 26.3 Å². The zero-order chi connectivity index (χ0) is 20.1. The summed E-state index contributed by atoms with van der Waals surface area (Å²) in [6.07, 6.45) is -5.83. The Morgan fingerprint density at radius 2 is 1.68 bits per heavy atom. The van der Waals surface area contributed by atoms with E-state index in [2.05, 4.69) is 0 Å². The highest BCUT2D eigenvalue weighted by atomic mass is 19.4. The Morgan fingerprint density at radius 3 is 2.32 bits per heavy atom. The van der Waals surface area contributed by atoms with E-state index >= 15 is 0 Å². The van der Waals surface area contributed by atoms with Gasteiger partial charge in [0.15, 0.2) is 0 Å². The molecule has 1 unspecified atom stereocenters. The molecular weight excluding hydrogens is 375 g/mol. The highest BCUT2D eigenvalue weighted by molar-refractivity contribution is 5.93. The van der Waals surface area contributed by atoms with E-state index in [4.69, 9.17) is 9.47 Å². The molecule has 1 saturated heterocycles. The van der Waals surface area contributed by atoms with Gasteiger partial charge in [-0.25, -0.2) is 4.79 Å². The second-order valence-corrected chi connectivity index (χ2v) is 6.21. The number of morpholine rings is 1. The van der Waals surface area contributed by atoms with E-state index in [1.54, 1.807) is 30.3 Å². The van der Waals surface area contributed by atoms with Gasteiger partial charge in [0.05, 0.1) is 24.3 Å². The molecule has 3 rings (SSSR count). The second-order valence-electron chi connectivity index (χ2n) is 6.21. The SMILES string of the molecule is O=C(OC(C(=O)N1CCOCC1)c1ccccc1)c1cccc(C(F)(F)F)c1. The van der Waals surface area contributed by atoms with Crippen molar-refractivity contribution >= 4 is 11.9 Å². The monoisotopic (exact) mass is 393 g/mol. The summed E-state index contributed by atoms with van der Waals surface area (Å²) >= 11 is 0. The van der Waals surface area contributed by atoms with E-state index in [9.17, 15) is 22.8 Å². The minimum atomic E-state index is -4.58. The summed E-state index contributed by atoms with van der Waals surface area (Å²) in [6, 6.07) is 12.3. The third kappa shape index (κ3) is 4.69. The third-order valence-electron chi connectivity index (χ3n) is 4.30. The van der Waals surface area contributed by atoms with Crippen molar-refractivity contribution in [1.29, 1.82) is 0 Å². The molecule has 8 heteroatoms. The molecule has 2 aromatic rings. The third-order valence-corrected chi connectivity index (χ3v) is 4.30. The van der Waals surface area contributed by atoms with Gasteiger partial charge in [0.25, 0.3) is 5.91 Å². The Hall–Kier alpha value is -2.87. The number of alkyl halides is 3. The minimum Gasteiger partial charge on any atom is -0.444 e. The van der Waals surface area contributed by atoms with Gasteiger partial charge in [-0.3, -0.25) is 4.79 Å². The number of benzene rings is 2. The maximum atomic E-state index is 12.9. The lowest BCUT2D eigenvalue weighted by atomic mass is 10.1. The lowest BCUT2D eigenvalue weighted by molar-refractivity contribution is -0.145. The van der Waals surface area contributed by atoms with Crippen LogP contribution in [0.3, 0.4) is 0 Å². The second kappa shape index (κ2) is 8.43. The van der Waals surface area contributed by atoms with Crippen LogP contribution in [0.25, 0.3) is 0 Å². The van der Waals surface area contributed by atoms with Gasteiger partial charge in [0.1, 0.15) is 0 Å². The first-order valence-corrected chi connectivity index (χ1v) is 8.66. The van der Waals surface area contributed by atoms with Crippen LogP contribution in [0.15, 0.2) is 54.6 Å². The van der Waals surface area contributed by atoms with Gasteiger partial charge in [-0.05, 0) is 18.2 Å². The highest BCUT2D eigenvalue weighted by Gasteiger charge is 2.33. The molecule has 1 heterocycles. The quantitative estimate of drug-likeness (QED) is 0.747. The predicted molar refractivity (Wildman–Crippen MR) is 93.4 cm³/mol. The molecule has 148 valence electrons. The van der Waals surface area contributed by atoms with E-state index in [0.29, 0.717) is 37.9 Å². The number of hydrogen-bond acceptors (Lipinski definition) is 4. The fourth-order valence-corrected chi connectivity index (χ4v) is 2.84. The van der Waals surface area contributed by atoms with Gasteiger partial charge in [-0.2, -0.15) is 13.2 Å². The van der Waals surface area contributed by atoms with E-state index in [-0.39, 0.29) is 5.56 Å². The number of nitrogens with zero attached hydrogens (tertiary/aromatic N) is 1. The van der Waals surface area contributed by atoms with Crippen LogP contribution < -0.4 is 0 Å². The van der Waals surface area contributed by atoms with Gasteiger partial charge < -0.3 is 14.4 Å². The molecule has 0 bridgehead atoms. The maximum Gasteiger partial charge on any atom is 0.416 e. The normalized spacial score (nSPS) is 15.8. The summed E-state index contributed by atoms with van der Waals surface area (Å²) in [5, 5.41) is 0. The highest BCUT2D eigenvalue weighted by Crippen LogP contribution is 2.30. The van der Waals surface area contributed by atoms with E-state index in [0.717, 1.165) is 12.1 Å². The maximum absolute atomic E-state index is 12.9. The van der Waals surface area contributed by atoms with Gasteiger partial charge >= 0.3 is 12.1 Å². The number of hydrogen-bond donors (Lipinski definition) is 0. The van der Waals surface area contributed by atoms with Crippen molar-refractivity contribution in [2.24, 2.45) is 0 Å². The first-order valence-electron chi connectivity index (χ1n) is 8.66. The number of rotatable bonds is 4. The van der Waals surface area contributed by atoms with Crippen LogP contribution >= 0.6 is 0 Å². The first-order chi connectivity index (χ1) is 13.4. The van der Waals surface area contributed by atoms with Crippen molar-refractivity contribution in [3.05, 3.63) is 71.3 Å². The molecule has 0 aliphatic carbocycles. The molecule has 0 spiro atoms. The molecule has 0 saturated carbocycles. The van der Waals surface area contributed by atoms with Crippen molar-refractivity contribution in [1.82, 2.24) is 4.90 Å². The average molecular weight is 393 g/mol. The molecule has 5 nitrogen and oxygen atoms in total. The Morgan fingerprint density at radius 1 is 1.00 bits per heavy atom. The Balaban J connectivity index is 1.85. The van der Waals surface area contributed by atoms with Crippen molar-refractivity contribution in [3.8, 4) is 0 Å². The standard InChI is InChI=1S/C20H18F3NO4/c21-20(22,23)16-8-4-7-15(13-16)19(26)28-17(14-5-2-1-3-6-14)18(25)24-9-11-27-12-10-24/h1-8,13,17H,9-12H2. The summed E-state index contributed by atoms with van der Waals surface area (Å²) in [7, 11) is 0. The summed E-state index contributed by atoms with van der Waals surface area (Å²) in [6.45, 7) is 1.44. The Bertz CT molecular complexity index is 833. The summed E-state index contributed by atoms with van der Waals surface area (Å²) in [5.74, 6) is -1.43. The number of halogens is 3. The lowest BCUT2D eigenvalue weighted by Crippen LogP contribution is -2.44. The van der Waals surface area contributed by atoms with Crippen molar-refractivity contribution in [3.63, 3.8) is 0 Å². The molecule has 0 aromatic heterocycles. The van der Waals surface area contributed by atoms with Crippen LogP contribution in [-0.2, 0) is 20.4 Å². The molecule has 1 fully saturated rings. The fourth-order valence-electron chi connectivity index (χ4n) is 2.84. The van der Waals surface area contributed by atoms with Gasteiger partial charge in [0, 0.05) is 18.7 Å². The number of ether oxygens (including phenoxy) is 2. The van der Waals surface area contributed by atoms with Crippen LogP contribution in [0.4, 0.5) is 13.2 Å². The number of carbonyl (C=O) groups is 2. The smallest absolute Gasteiger partial charge is 0.416 e. The van der Waals surface area contributed by atoms with E-state index < -0.39 is 29.7 Å². The minimum absolute atomic E-state index is 0.273. The van der Waals surface area contributed by atoms with Crippen LogP contribution in [0, 0.1) is 0 Å². The summed E-state index contributed by atoms with van der Waals surface area (Å²) in [4.78, 5) is 26.9. The Kier molecular flexibility index (Phi) is 5.99. The summed E-state index contributed by atoms with van der Waals surface area (Å²) < 4.78 is 49.3. The van der Waals surface area contributed by atoms with Crippen LogP contribution in [-0.4, -0.2) is 43.1 Å². The lowest BCUT2D eigenvalue weighted by Gasteiger charge is -2.30. The van der Waals surface area contributed by atoms with E-state index in [1.165, 1.54) is 11.0 Å². The van der Waals surface area contributed by atoms with E-state index in [1.807, 2.05) is 0 Å². The number of amides is 1. The molecule has 2 aromatic carbocycles. The van der Waals surface area contributed by atoms with Gasteiger partial charge in [-0.1, -0.05) is 36.4 Å². The molecular formula is C20H18F3NO4. The fraction of sp³-hybridized carbons (Fsp3) is 0.300. The van der Waals surface area contributed by atoms with Crippen LogP contribution in [0.5, 0.6) is 0 Å². The zero-order valence-electron chi connectivity index (χ0n) is 14.8. The van der Waals surface area contributed by atoms with Crippen LogP contribution in [0.1, 0.15) is 27.6 Å². The van der Waals surface area contributed by atoms with Crippen molar-refractivity contribution in [2.45, 2.75) is 12.3 Å². The van der Waals surface area contributed by atoms with Crippen LogP contribution in [0.2, 0.25) is 0 Å². The molecule has 1 aliphatic heterocycles. The summed E-state index contributed by atoms with van der Waals surface area (Å²) in [5.41, 5.74) is -0.789. The molecule has 1 atom stereocenters. The van der Waals surface area contributed by atoms with Gasteiger partial charge in [-0.15, -0.1) is 0 Å². The average Bonchev–Trinajstić information content (AvgIpc) is 2.72. The zero-order valence-corrected chi connectivity index (χ0v) is 14.8. The largest absolute Gasteiger partial charge is 0.444 e. The number of carbonyl (C=O) groups excluding carboxylic acids is 2. The predicted octanol–water partition coefficient (Wildman–Crippen LogP) is 3.46. The molecule has 1 aliphatic rings. The Labute approximate surface area is 159 Å². The number of esters is 1. The molecule has 0 radical (unpaired) electrons.